The van der Waals surface area contributed by atoms with Crippen molar-refractivity contribution in [1.29, 1.82) is 0 Å². The molecule has 14 heavy (non-hydrogen) atoms. The van der Waals surface area contributed by atoms with Crippen LogP contribution < -0.4 is 5.84 Å². The molecule has 0 saturated carbocycles. The number of carboxylic acids is 2. The zero-order valence-electron chi connectivity index (χ0n) is 7.98. The van der Waals surface area contributed by atoms with Gasteiger partial charge in [0.2, 0.25) is 0 Å². The van der Waals surface area contributed by atoms with Gasteiger partial charge >= 0.3 is 11.9 Å². The van der Waals surface area contributed by atoms with E-state index in [2.05, 4.69) is 0 Å². The lowest BCUT2D eigenvalue weighted by atomic mass is 10.3. The van der Waals surface area contributed by atoms with Crippen LogP contribution in [0.3, 0.4) is 0 Å². The lowest BCUT2D eigenvalue weighted by molar-refractivity contribution is -0.138. The van der Waals surface area contributed by atoms with Gasteiger partial charge in [-0.3, -0.25) is 15.4 Å². The highest BCUT2D eigenvalue weighted by Crippen LogP contribution is 1.94. The van der Waals surface area contributed by atoms with E-state index in [9.17, 15) is 9.59 Å². The van der Waals surface area contributed by atoms with Crippen LogP contribution in [0.5, 0.6) is 0 Å². The van der Waals surface area contributed by atoms with E-state index in [-0.39, 0.29) is 12.8 Å². The standard InChI is InChI=1S/C8H16N2O4/c9-10(5-1-3-7(11)12)6-2-4-8(13)14/h1-6,9H2,(H,11,12)(H,13,14). The molecule has 0 heterocycles. The summed E-state index contributed by atoms with van der Waals surface area (Å²) < 4.78 is 0. The van der Waals surface area contributed by atoms with E-state index in [1.807, 2.05) is 0 Å². The zero-order valence-corrected chi connectivity index (χ0v) is 7.98. The first-order valence-corrected chi connectivity index (χ1v) is 4.45. The van der Waals surface area contributed by atoms with E-state index in [0.717, 1.165) is 0 Å². The van der Waals surface area contributed by atoms with E-state index in [0.29, 0.717) is 25.9 Å². The Balaban J connectivity index is 3.32. The summed E-state index contributed by atoms with van der Waals surface area (Å²) in [6, 6.07) is 0. The Labute approximate surface area is 82.3 Å². The van der Waals surface area contributed by atoms with Gasteiger partial charge in [-0.15, -0.1) is 0 Å². The van der Waals surface area contributed by atoms with Crippen LogP contribution in [0.25, 0.3) is 0 Å². The van der Waals surface area contributed by atoms with Gasteiger partial charge in [0, 0.05) is 25.9 Å². The van der Waals surface area contributed by atoms with Crippen LogP contribution in [-0.2, 0) is 9.59 Å². The summed E-state index contributed by atoms with van der Waals surface area (Å²) in [5, 5.41) is 18.1. The summed E-state index contributed by atoms with van der Waals surface area (Å²) >= 11 is 0. The molecule has 0 spiro atoms. The maximum Gasteiger partial charge on any atom is 0.303 e. The smallest absolute Gasteiger partial charge is 0.303 e. The maximum atomic E-state index is 10.1. The molecule has 0 aliphatic rings. The van der Waals surface area contributed by atoms with Crippen molar-refractivity contribution >= 4 is 11.9 Å². The number of nitrogens with two attached hydrogens (primary N) is 1. The largest absolute Gasteiger partial charge is 0.481 e. The molecule has 0 radical (unpaired) electrons. The van der Waals surface area contributed by atoms with Crippen LogP contribution >= 0.6 is 0 Å². The quantitative estimate of drug-likeness (QED) is 0.376. The molecule has 82 valence electrons. The van der Waals surface area contributed by atoms with E-state index in [1.54, 1.807) is 0 Å². The number of hydrogen-bond acceptors (Lipinski definition) is 4. The number of carbonyl (C=O) groups is 2. The van der Waals surface area contributed by atoms with Gasteiger partial charge in [0.05, 0.1) is 0 Å². The van der Waals surface area contributed by atoms with Crippen molar-refractivity contribution < 1.29 is 19.8 Å². The second kappa shape index (κ2) is 7.28. The van der Waals surface area contributed by atoms with Crippen molar-refractivity contribution in [2.45, 2.75) is 25.7 Å². The molecule has 0 unspecified atom stereocenters. The van der Waals surface area contributed by atoms with Gasteiger partial charge < -0.3 is 10.2 Å². The van der Waals surface area contributed by atoms with Gasteiger partial charge in [-0.05, 0) is 12.8 Å². The van der Waals surface area contributed by atoms with Crippen molar-refractivity contribution in [3.63, 3.8) is 0 Å². The van der Waals surface area contributed by atoms with Crippen LogP contribution in [0.2, 0.25) is 0 Å². The highest BCUT2D eigenvalue weighted by molar-refractivity contribution is 5.66. The summed E-state index contributed by atoms with van der Waals surface area (Å²) in [4.78, 5) is 20.3. The lowest BCUT2D eigenvalue weighted by Crippen LogP contribution is -2.33. The third-order valence-electron chi connectivity index (χ3n) is 1.67. The molecule has 6 heteroatoms. The molecule has 0 aliphatic carbocycles. The number of nitrogens with zero attached hydrogens (tertiary/aromatic N) is 1. The Morgan fingerprint density at radius 1 is 1.00 bits per heavy atom. The minimum atomic E-state index is -0.844. The molecule has 0 aliphatic heterocycles. The summed E-state index contributed by atoms with van der Waals surface area (Å²) in [7, 11) is 0. The molecular formula is C8H16N2O4. The minimum absolute atomic E-state index is 0.0899. The Hall–Kier alpha value is -1.14. The first-order valence-electron chi connectivity index (χ1n) is 4.45. The van der Waals surface area contributed by atoms with Crippen LogP contribution in [0.4, 0.5) is 0 Å². The average molecular weight is 204 g/mol. The number of rotatable bonds is 8. The van der Waals surface area contributed by atoms with Gasteiger partial charge in [0.1, 0.15) is 0 Å². The number of hydrogen-bond donors (Lipinski definition) is 3. The number of hydrazine groups is 1. The fraction of sp³-hybridized carbons (Fsp3) is 0.750. The molecular weight excluding hydrogens is 188 g/mol. The third kappa shape index (κ3) is 8.95. The second-order valence-corrected chi connectivity index (χ2v) is 3.03. The molecule has 0 rings (SSSR count). The predicted molar refractivity (Wildman–Crippen MR) is 49.5 cm³/mol. The molecule has 0 amide bonds. The van der Waals surface area contributed by atoms with Gasteiger partial charge in [0.15, 0.2) is 0 Å². The topological polar surface area (TPSA) is 104 Å². The van der Waals surface area contributed by atoms with Crippen LogP contribution in [-0.4, -0.2) is 40.3 Å². The fourth-order valence-corrected chi connectivity index (χ4v) is 0.979. The minimum Gasteiger partial charge on any atom is -0.481 e. The molecule has 4 N–H and O–H groups in total. The Bertz CT molecular complexity index is 176. The van der Waals surface area contributed by atoms with Crippen LogP contribution in [0.1, 0.15) is 25.7 Å². The predicted octanol–water partition coefficient (Wildman–Crippen LogP) is -0.108. The van der Waals surface area contributed by atoms with Crippen LogP contribution in [0, 0.1) is 0 Å². The Morgan fingerprint density at radius 2 is 1.36 bits per heavy atom. The first kappa shape index (κ1) is 12.9. The van der Waals surface area contributed by atoms with Gasteiger partial charge in [-0.1, -0.05) is 0 Å². The molecule has 6 nitrogen and oxygen atoms in total. The monoisotopic (exact) mass is 204 g/mol. The van der Waals surface area contributed by atoms with E-state index in [4.69, 9.17) is 16.1 Å². The summed E-state index contributed by atoms with van der Waals surface area (Å²) in [5.41, 5.74) is 0. The molecule has 0 aromatic rings. The molecule has 0 aromatic heterocycles. The van der Waals surface area contributed by atoms with Crippen molar-refractivity contribution in [2.75, 3.05) is 13.1 Å². The first-order chi connectivity index (χ1) is 6.52. The van der Waals surface area contributed by atoms with Crippen molar-refractivity contribution in [3.8, 4) is 0 Å². The lowest BCUT2D eigenvalue weighted by Gasteiger charge is -2.14. The van der Waals surface area contributed by atoms with Crippen molar-refractivity contribution in [2.24, 2.45) is 5.84 Å². The van der Waals surface area contributed by atoms with E-state index >= 15 is 0 Å². The molecule has 0 fully saturated rings. The van der Waals surface area contributed by atoms with Gasteiger partial charge in [-0.2, -0.15) is 0 Å². The van der Waals surface area contributed by atoms with Gasteiger partial charge in [-0.25, -0.2) is 5.01 Å². The number of carboxylic acid groups (broad SMARTS) is 2. The van der Waals surface area contributed by atoms with E-state index in [1.165, 1.54) is 5.01 Å². The normalized spacial score (nSPS) is 10.4. The fourth-order valence-electron chi connectivity index (χ4n) is 0.979. The van der Waals surface area contributed by atoms with Crippen LogP contribution in [0.15, 0.2) is 0 Å². The molecule has 0 atom stereocenters. The maximum absolute atomic E-state index is 10.1. The van der Waals surface area contributed by atoms with Crippen molar-refractivity contribution in [1.82, 2.24) is 5.01 Å². The summed E-state index contributed by atoms with van der Waals surface area (Å²) in [6.45, 7) is 0.956. The van der Waals surface area contributed by atoms with E-state index < -0.39 is 11.9 Å². The third-order valence-corrected chi connectivity index (χ3v) is 1.67. The highest BCUT2D eigenvalue weighted by Gasteiger charge is 2.03. The SMILES string of the molecule is NN(CCCC(=O)O)CCCC(=O)O. The Morgan fingerprint density at radius 3 is 1.64 bits per heavy atom. The molecule has 0 saturated heterocycles. The Kier molecular flexibility index (Phi) is 6.69. The van der Waals surface area contributed by atoms with Gasteiger partial charge in [0.25, 0.3) is 0 Å². The summed E-state index contributed by atoms with van der Waals surface area (Å²) in [6.07, 6.45) is 1.15. The van der Waals surface area contributed by atoms with Crippen molar-refractivity contribution in [3.05, 3.63) is 0 Å². The molecule has 0 aromatic carbocycles. The second-order valence-electron chi connectivity index (χ2n) is 3.03. The summed E-state index contributed by atoms with van der Waals surface area (Å²) in [5.74, 6) is 3.81. The molecule has 0 bridgehead atoms. The number of aliphatic carboxylic acids is 2. The average Bonchev–Trinajstić information content (AvgIpc) is 2.02. The highest BCUT2D eigenvalue weighted by atomic mass is 16.4. The zero-order chi connectivity index (χ0) is 11.0.